The molecule has 1 fully saturated rings. The summed E-state index contributed by atoms with van der Waals surface area (Å²) >= 11 is 1.82. The molecular formula is C17H27NS. The highest BCUT2D eigenvalue weighted by Crippen LogP contribution is 2.40. The Bertz CT molecular complexity index is 373. The van der Waals surface area contributed by atoms with Gasteiger partial charge in [0.2, 0.25) is 0 Å². The van der Waals surface area contributed by atoms with Crippen LogP contribution >= 0.6 is 11.8 Å². The van der Waals surface area contributed by atoms with Crippen LogP contribution in [0.1, 0.15) is 50.6 Å². The first-order valence-electron chi connectivity index (χ1n) is 7.61. The van der Waals surface area contributed by atoms with Crippen molar-refractivity contribution in [2.75, 3.05) is 13.3 Å². The molecule has 2 heteroatoms. The minimum absolute atomic E-state index is 0.529. The van der Waals surface area contributed by atoms with Gasteiger partial charge in [0.25, 0.3) is 0 Å². The summed E-state index contributed by atoms with van der Waals surface area (Å²) in [5.41, 5.74) is 1.46. The normalized spacial score (nSPS) is 25.2. The van der Waals surface area contributed by atoms with Gasteiger partial charge in [0, 0.05) is 10.9 Å². The molecule has 3 atom stereocenters. The predicted molar refractivity (Wildman–Crippen MR) is 85.8 cm³/mol. The third-order valence-electron chi connectivity index (χ3n) is 4.71. The van der Waals surface area contributed by atoms with Crippen molar-refractivity contribution in [1.82, 2.24) is 5.32 Å². The molecule has 0 aromatic heterocycles. The minimum atomic E-state index is 0.529. The summed E-state index contributed by atoms with van der Waals surface area (Å²) in [6.45, 7) is 2.35. The maximum atomic E-state index is 3.58. The Hall–Kier alpha value is -0.470. The Morgan fingerprint density at radius 3 is 2.47 bits per heavy atom. The van der Waals surface area contributed by atoms with Crippen LogP contribution in [0.25, 0.3) is 0 Å². The van der Waals surface area contributed by atoms with Crippen LogP contribution in [0.3, 0.4) is 0 Å². The van der Waals surface area contributed by atoms with Crippen molar-refractivity contribution < 1.29 is 0 Å². The van der Waals surface area contributed by atoms with Crippen LogP contribution < -0.4 is 5.32 Å². The van der Waals surface area contributed by atoms with Crippen molar-refractivity contribution >= 4 is 11.8 Å². The lowest BCUT2D eigenvalue weighted by Gasteiger charge is -2.37. The number of nitrogens with one attached hydrogen (secondary N) is 1. The lowest BCUT2D eigenvalue weighted by atomic mass is 9.72. The molecule has 1 aromatic carbocycles. The van der Waals surface area contributed by atoms with Gasteiger partial charge in [-0.3, -0.25) is 0 Å². The van der Waals surface area contributed by atoms with Crippen LogP contribution in [0.15, 0.2) is 29.2 Å². The first-order chi connectivity index (χ1) is 9.30. The molecule has 0 bridgehead atoms. The van der Waals surface area contributed by atoms with E-state index in [1.165, 1.54) is 42.6 Å². The van der Waals surface area contributed by atoms with E-state index in [0.29, 0.717) is 6.04 Å². The smallest absolute Gasteiger partial charge is 0.0348 e. The Morgan fingerprint density at radius 1 is 1.21 bits per heavy atom. The minimum Gasteiger partial charge on any atom is -0.313 e. The molecule has 1 N–H and O–H groups in total. The second-order valence-electron chi connectivity index (χ2n) is 5.66. The molecule has 0 saturated heterocycles. The van der Waals surface area contributed by atoms with E-state index < -0.39 is 0 Å². The number of benzene rings is 1. The fourth-order valence-electron chi connectivity index (χ4n) is 3.62. The third-order valence-corrected chi connectivity index (χ3v) is 5.45. The maximum absolute atomic E-state index is 3.58. The summed E-state index contributed by atoms with van der Waals surface area (Å²) in [5.74, 6) is 1.70. The molecule has 0 aliphatic heterocycles. The van der Waals surface area contributed by atoms with Crippen LogP contribution in [-0.4, -0.2) is 13.3 Å². The molecule has 1 aromatic rings. The van der Waals surface area contributed by atoms with Crippen molar-refractivity contribution in [3.05, 3.63) is 29.8 Å². The summed E-state index contributed by atoms with van der Waals surface area (Å²) < 4.78 is 0. The molecule has 0 spiro atoms. The van der Waals surface area contributed by atoms with Gasteiger partial charge in [0.15, 0.2) is 0 Å². The second kappa shape index (κ2) is 7.35. The number of hydrogen-bond donors (Lipinski definition) is 1. The molecule has 0 heterocycles. The highest BCUT2D eigenvalue weighted by Gasteiger charge is 2.30. The zero-order chi connectivity index (χ0) is 13.7. The molecule has 0 amide bonds. The zero-order valence-corrected chi connectivity index (χ0v) is 13.3. The van der Waals surface area contributed by atoms with Crippen LogP contribution in [0, 0.1) is 11.8 Å². The van der Waals surface area contributed by atoms with Crippen molar-refractivity contribution in [3.8, 4) is 0 Å². The average molecular weight is 277 g/mol. The predicted octanol–water partition coefficient (Wildman–Crippen LogP) is 4.89. The van der Waals surface area contributed by atoms with Crippen molar-refractivity contribution in [2.45, 2.75) is 50.0 Å². The van der Waals surface area contributed by atoms with Crippen molar-refractivity contribution in [3.63, 3.8) is 0 Å². The van der Waals surface area contributed by atoms with E-state index in [4.69, 9.17) is 0 Å². The Morgan fingerprint density at radius 2 is 1.89 bits per heavy atom. The highest BCUT2D eigenvalue weighted by atomic mass is 32.2. The van der Waals surface area contributed by atoms with Gasteiger partial charge in [-0.1, -0.05) is 44.7 Å². The standard InChI is InChI=1S/C17H27NS/c1-4-13-7-5-6-8-16(13)17(18-2)14-9-11-15(19-3)12-10-14/h9-13,16-18H,4-8H2,1-3H3. The van der Waals surface area contributed by atoms with Gasteiger partial charge in [-0.2, -0.15) is 0 Å². The van der Waals surface area contributed by atoms with Gasteiger partial charge < -0.3 is 5.32 Å². The van der Waals surface area contributed by atoms with Crippen LogP contribution in [0.5, 0.6) is 0 Å². The summed E-state index contributed by atoms with van der Waals surface area (Å²) in [6.07, 6.45) is 9.10. The SMILES string of the molecule is CCC1CCCCC1C(NC)c1ccc(SC)cc1. The molecule has 2 rings (SSSR count). The lowest BCUT2D eigenvalue weighted by Crippen LogP contribution is -2.32. The monoisotopic (exact) mass is 277 g/mol. The first kappa shape index (κ1) is 14.9. The molecule has 0 radical (unpaired) electrons. The number of hydrogen-bond acceptors (Lipinski definition) is 2. The van der Waals surface area contributed by atoms with E-state index in [1.54, 1.807) is 0 Å². The third kappa shape index (κ3) is 3.55. The zero-order valence-electron chi connectivity index (χ0n) is 12.5. The number of thioether (sulfide) groups is 1. The van der Waals surface area contributed by atoms with E-state index in [1.807, 2.05) is 11.8 Å². The highest BCUT2D eigenvalue weighted by molar-refractivity contribution is 7.98. The summed E-state index contributed by atoms with van der Waals surface area (Å²) in [7, 11) is 2.12. The van der Waals surface area contributed by atoms with E-state index in [0.717, 1.165) is 11.8 Å². The van der Waals surface area contributed by atoms with E-state index in [9.17, 15) is 0 Å². The summed E-state index contributed by atoms with van der Waals surface area (Å²) in [6, 6.07) is 9.67. The topological polar surface area (TPSA) is 12.0 Å². The van der Waals surface area contributed by atoms with Crippen LogP contribution in [0.2, 0.25) is 0 Å². The first-order valence-corrected chi connectivity index (χ1v) is 8.83. The second-order valence-corrected chi connectivity index (χ2v) is 6.54. The fraction of sp³-hybridized carbons (Fsp3) is 0.647. The molecule has 1 aliphatic rings. The molecule has 1 saturated carbocycles. The fourth-order valence-corrected chi connectivity index (χ4v) is 4.03. The van der Waals surface area contributed by atoms with E-state index in [2.05, 4.69) is 49.8 Å². The lowest BCUT2D eigenvalue weighted by molar-refractivity contribution is 0.180. The van der Waals surface area contributed by atoms with Gasteiger partial charge in [-0.15, -0.1) is 11.8 Å². The Labute approximate surface area is 122 Å². The molecule has 1 aliphatic carbocycles. The summed E-state index contributed by atoms with van der Waals surface area (Å²) in [5, 5.41) is 3.58. The largest absolute Gasteiger partial charge is 0.313 e. The van der Waals surface area contributed by atoms with E-state index in [-0.39, 0.29) is 0 Å². The van der Waals surface area contributed by atoms with Crippen molar-refractivity contribution in [2.24, 2.45) is 11.8 Å². The molecule has 19 heavy (non-hydrogen) atoms. The Kier molecular flexibility index (Phi) is 5.77. The van der Waals surface area contributed by atoms with Crippen LogP contribution in [-0.2, 0) is 0 Å². The van der Waals surface area contributed by atoms with Gasteiger partial charge >= 0.3 is 0 Å². The van der Waals surface area contributed by atoms with Crippen LogP contribution in [0.4, 0.5) is 0 Å². The molecule has 3 unspecified atom stereocenters. The van der Waals surface area contributed by atoms with Gasteiger partial charge in [-0.25, -0.2) is 0 Å². The maximum Gasteiger partial charge on any atom is 0.0348 e. The average Bonchev–Trinajstić information content (AvgIpc) is 2.49. The van der Waals surface area contributed by atoms with E-state index >= 15 is 0 Å². The van der Waals surface area contributed by atoms with Gasteiger partial charge in [0.05, 0.1) is 0 Å². The molecule has 106 valence electrons. The molecule has 1 nitrogen and oxygen atoms in total. The number of rotatable bonds is 5. The van der Waals surface area contributed by atoms with Crippen molar-refractivity contribution in [1.29, 1.82) is 0 Å². The van der Waals surface area contributed by atoms with Gasteiger partial charge in [0.1, 0.15) is 0 Å². The van der Waals surface area contributed by atoms with Gasteiger partial charge in [-0.05, 0) is 49.3 Å². The summed E-state index contributed by atoms with van der Waals surface area (Å²) in [4.78, 5) is 1.36. The quantitative estimate of drug-likeness (QED) is 0.769. The molecular weight excluding hydrogens is 250 g/mol. The Balaban J connectivity index is 2.17.